The van der Waals surface area contributed by atoms with Crippen LogP contribution in [0.1, 0.15) is 15.9 Å². The van der Waals surface area contributed by atoms with Crippen molar-refractivity contribution in [1.29, 1.82) is 0 Å². The molecule has 86 valence electrons. The maximum absolute atomic E-state index is 13.5. The van der Waals surface area contributed by atoms with Crippen molar-refractivity contribution in [3.63, 3.8) is 0 Å². The lowest BCUT2D eigenvalue weighted by molar-refractivity contribution is 0.0692. The maximum atomic E-state index is 13.5. The Morgan fingerprint density at radius 1 is 1.35 bits per heavy atom. The van der Waals surface area contributed by atoms with Gasteiger partial charge in [-0.05, 0) is 36.2 Å². The zero-order valence-electron chi connectivity index (χ0n) is 9.14. The number of hydrogen-bond acceptors (Lipinski definition) is 2. The summed E-state index contributed by atoms with van der Waals surface area (Å²) in [6.45, 7) is 1.89. The van der Waals surface area contributed by atoms with Crippen LogP contribution in [0.15, 0.2) is 36.7 Å². The summed E-state index contributed by atoms with van der Waals surface area (Å²) in [7, 11) is 0. The van der Waals surface area contributed by atoms with Crippen LogP contribution in [-0.4, -0.2) is 16.1 Å². The van der Waals surface area contributed by atoms with E-state index in [0.29, 0.717) is 5.56 Å². The lowest BCUT2D eigenvalue weighted by atomic mass is 10.0. The number of benzene rings is 1. The number of aryl methyl sites for hydroxylation is 1. The second kappa shape index (κ2) is 4.33. The smallest absolute Gasteiger partial charge is 0.338 e. The number of aromatic nitrogens is 1. The minimum Gasteiger partial charge on any atom is -0.478 e. The summed E-state index contributed by atoms with van der Waals surface area (Å²) < 4.78 is 13.5. The van der Waals surface area contributed by atoms with Gasteiger partial charge in [-0.1, -0.05) is 6.07 Å². The molecule has 1 heterocycles. The number of hydrogen-bond donors (Lipinski definition) is 1. The molecule has 1 N–H and O–H groups in total. The molecule has 0 radical (unpaired) electrons. The summed E-state index contributed by atoms with van der Waals surface area (Å²) in [5.41, 5.74) is 2.05. The quantitative estimate of drug-likeness (QED) is 0.864. The molecule has 0 spiro atoms. The Labute approximate surface area is 97.6 Å². The van der Waals surface area contributed by atoms with E-state index in [1.807, 2.05) is 13.0 Å². The Bertz CT molecular complexity index is 581. The van der Waals surface area contributed by atoms with Gasteiger partial charge in [0.2, 0.25) is 0 Å². The van der Waals surface area contributed by atoms with E-state index in [1.165, 1.54) is 12.1 Å². The Hall–Kier alpha value is -2.23. The zero-order chi connectivity index (χ0) is 12.4. The van der Waals surface area contributed by atoms with Crippen LogP contribution in [0.4, 0.5) is 4.39 Å². The number of pyridine rings is 1. The molecule has 0 saturated heterocycles. The average molecular weight is 231 g/mol. The maximum Gasteiger partial charge on any atom is 0.338 e. The van der Waals surface area contributed by atoms with Crippen LogP contribution in [-0.2, 0) is 0 Å². The van der Waals surface area contributed by atoms with Crippen LogP contribution in [0.2, 0.25) is 0 Å². The molecule has 0 bridgehead atoms. The standard InChI is InChI=1S/C13H10FNO2/c1-8-4-5-15-7-11(8)9-2-3-10(13(16)17)12(14)6-9/h2-7H,1H3,(H,16,17). The van der Waals surface area contributed by atoms with E-state index in [4.69, 9.17) is 5.11 Å². The fourth-order valence-electron chi connectivity index (χ4n) is 1.62. The van der Waals surface area contributed by atoms with Crippen molar-refractivity contribution in [3.8, 4) is 11.1 Å². The van der Waals surface area contributed by atoms with Crippen molar-refractivity contribution < 1.29 is 14.3 Å². The molecule has 0 fully saturated rings. The Morgan fingerprint density at radius 3 is 2.71 bits per heavy atom. The number of nitrogens with zero attached hydrogens (tertiary/aromatic N) is 1. The molecule has 1 aromatic carbocycles. The highest BCUT2D eigenvalue weighted by Crippen LogP contribution is 2.24. The first-order chi connectivity index (χ1) is 8.09. The minimum absolute atomic E-state index is 0.324. The molecule has 4 heteroatoms. The van der Waals surface area contributed by atoms with E-state index in [-0.39, 0.29) is 5.56 Å². The Balaban J connectivity index is 2.52. The predicted molar refractivity (Wildman–Crippen MR) is 61.3 cm³/mol. The molecule has 3 nitrogen and oxygen atoms in total. The second-order valence-electron chi connectivity index (χ2n) is 3.69. The van der Waals surface area contributed by atoms with Gasteiger partial charge >= 0.3 is 5.97 Å². The fraction of sp³-hybridized carbons (Fsp3) is 0.0769. The third-order valence-electron chi connectivity index (χ3n) is 2.55. The molecule has 0 amide bonds. The summed E-state index contributed by atoms with van der Waals surface area (Å²) in [4.78, 5) is 14.7. The number of carbonyl (C=O) groups is 1. The Kier molecular flexibility index (Phi) is 2.87. The third-order valence-corrected chi connectivity index (χ3v) is 2.55. The van der Waals surface area contributed by atoms with Crippen molar-refractivity contribution in [2.24, 2.45) is 0 Å². The zero-order valence-corrected chi connectivity index (χ0v) is 9.14. The molecule has 2 aromatic rings. The molecule has 0 aliphatic heterocycles. The topological polar surface area (TPSA) is 50.2 Å². The van der Waals surface area contributed by atoms with Crippen LogP contribution in [0, 0.1) is 12.7 Å². The molecule has 1 aromatic heterocycles. The highest BCUT2D eigenvalue weighted by molar-refractivity contribution is 5.88. The minimum atomic E-state index is -1.27. The van der Waals surface area contributed by atoms with E-state index < -0.39 is 11.8 Å². The van der Waals surface area contributed by atoms with Crippen molar-refractivity contribution >= 4 is 5.97 Å². The molecular weight excluding hydrogens is 221 g/mol. The van der Waals surface area contributed by atoms with Gasteiger partial charge in [-0.3, -0.25) is 4.98 Å². The number of rotatable bonds is 2. The van der Waals surface area contributed by atoms with Gasteiger partial charge in [-0.15, -0.1) is 0 Å². The molecule has 2 rings (SSSR count). The van der Waals surface area contributed by atoms with Gasteiger partial charge in [0.15, 0.2) is 0 Å². The van der Waals surface area contributed by atoms with Crippen molar-refractivity contribution in [2.45, 2.75) is 6.92 Å². The summed E-state index contributed by atoms with van der Waals surface area (Å²) >= 11 is 0. The lowest BCUT2D eigenvalue weighted by Crippen LogP contribution is -2.00. The van der Waals surface area contributed by atoms with Gasteiger partial charge in [-0.2, -0.15) is 0 Å². The van der Waals surface area contributed by atoms with E-state index >= 15 is 0 Å². The Morgan fingerprint density at radius 2 is 2.12 bits per heavy atom. The molecule has 0 aliphatic rings. The number of carboxylic acid groups (broad SMARTS) is 1. The van der Waals surface area contributed by atoms with Gasteiger partial charge in [0, 0.05) is 18.0 Å². The van der Waals surface area contributed by atoms with Crippen LogP contribution >= 0.6 is 0 Å². The molecule has 17 heavy (non-hydrogen) atoms. The first-order valence-electron chi connectivity index (χ1n) is 5.03. The first kappa shape index (κ1) is 11.3. The monoisotopic (exact) mass is 231 g/mol. The van der Waals surface area contributed by atoms with Crippen LogP contribution in [0.5, 0.6) is 0 Å². The summed E-state index contributed by atoms with van der Waals surface area (Å²) in [6, 6.07) is 5.88. The summed E-state index contributed by atoms with van der Waals surface area (Å²) in [5, 5.41) is 8.73. The molecule has 0 atom stereocenters. The van der Waals surface area contributed by atoms with Crippen LogP contribution < -0.4 is 0 Å². The molecule has 0 unspecified atom stereocenters. The largest absolute Gasteiger partial charge is 0.478 e. The summed E-state index contributed by atoms with van der Waals surface area (Å²) in [5.74, 6) is -2.00. The van der Waals surface area contributed by atoms with Crippen LogP contribution in [0.3, 0.4) is 0 Å². The number of halogens is 1. The molecule has 0 saturated carbocycles. The second-order valence-corrected chi connectivity index (χ2v) is 3.69. The SMILES string of the molecule is Cc1ccncc1-c1ccc(C(=O)O)c(F)c1. The van der Waals surface area contributed by atoms with Crippen molar-refractivity contribution in [1.82, 2.24) is 4.98 Å². The van der Waals surface area contributed by atoms with Crippen molar-refractivity contribution in [3.05, 3.63) is 53.6 Å². The van der Waals surface area contributed by atoms with Gasteiger partial charge in [-0.25, -0.2) is 9.18 Å². The van der Waals surface area contributed by atoms with E-state index in [1.54, 1.807) is 18.5 Å². The van der Waals surface area contributed by atoms with Gasteiger partial charge in [0.1, 0.15) is 5.82 Å². The fourth-order valence-corrected chi connectivity index (χ4v) is 1.62. The molecular formula is C13H10FNO2. The van der Waals surface area contributed by atoms with Crippen molar-refractivity contribution in [2.75, 3.05) is 0 Å². The summed E-state index contributed by atoms with van der Waals surface area (Å²) in [6.07, 6.45) is 3.28. The van der Waals surface area contributed by atoms with E-state index in [9.17, 15) is 9.18 Å². The number of aromatic carboxylic acids is 1. The van der Waals surface area contributed by atoms with Gasteiger partial charge < -0.3 is 5.11 Å². The van der Waals surface area contributed by atoms with E-state index in [0.717, 1.165) is 11.1 Å². The molecule has 0 aliphatic carbocycles. The highest BCUT2D eigenvalue weighted by atomic mass is 19.1. The normalized spacial score (nSPS) is 10.2. The van der Waals surface area contributed by atoms with Gasteiger partial charge in [0.25, 0.3) is 0 Å². The van der Waals surface area contributed by atoms with Gasteiger partial charge in [0.05, 0.1) is 5.56 Å². The van der Waals surface area contributed by atoms with E-state index in [2.05, 4.69) is 4.98 Å². The number of carboxylic acids is 1. The average Bonchev–Trinajstić information content (AvgIpc) is 2.29. The van der Waals surface area contributed by atoms with Crippen LogP contribution in [0.25, 0.3) is 11.1 Å². The highest BCUT2D eigenvalue weighted by Gasteiger charge is 2.11. The lowest BCUT2D eigenvalue weighted by Gasteiger charge is -2.06. The first-order valence-corrected chi connectivity index (χ1v) is 5.03. The third kappa shape index (κ3) is 2.15. The predicted octanol–water partition coefficient (Wildman–Crippen LogP) is 2.89.